The van der Waals surface area contributed by atoms with Crippen molar-refractivity contribution in [2.24, 2.45) is 0 Å². The number of thiazole rings is 2. The number of carboxylic acid groups (broad SMARTS) is 2. The van der Waals surface area contributed by atoms with Gasteiger partial charge in [-0.25, -0.2) is 9.97 Å². The minimum atomic E-state index is -0.821. The molecule has 0 aliphatic heterocycles. The Morgan fingerprint density at radius 1 is 0.842 bits per heavy atom. The average Bonchev–Trinajstić information content (AvgIpc) is 3.61. The molecule has 4 rings (SSSR count). The first kappa shape index (κ1) is 31.0. The van der Waals surface area contributed by atoms with Gasteiger partial charge < -0.3 is 10.2 Å². The Kier molecular flexibility index (Phi) is 11.6. The van der Waals surface area contributed by atoms with E-state index in [1.807, 2.05) is 12.3 Å². The molecule has 0 atom stereocenters. The monoisotopic (exact) mass is 694 g/mol. The second kappa shape index (κ2) is 14.2. The molecule has 0 aliphatic rings. The molecular formula is C21H23BrN6O4S6. The van der Waals surface area contributed by atoms with Gasteiger partial charge in [0.2, 0.25) is 0 Å². The molecule has 204 valence electrons. The molecule has 0 fully saturated rings. The van der Waals surface area contributed by atoms with Crippen molar-refractivity contribution in [3.05, 3.63) is 30.6 Å². The normalized spacial score (nSPS) is 11.3. The zero-order valence-corrected chi connectivity index (χ0v) is 27.1. The maximum absolute atomic E-state index is 10.5. The van der Waals surface area contributed by atoms with E-state index in [1.54, 1.807) is 22.7 Å². The van der Waals surface area contributed by atoms with Crippen molar-refractivity contribution in [3.8, 4) is 0 Å². The lowest BCUT2D eigenvalue weighted by Crippen LogP contribution is -2.12. The van der Waals surface area contributed by atoms with Crippen LogP contribution in [0.5, 0.6) is 0 Å². The van der Waals surface area contributed by atoms with Crippen LogP contribution in [0.15, 0.2) is 26.5 Å². The summed E-state index contributed by atoms with van der Waals surface area (Å²) < 4.78 is 4.47. The fourth-order valence-electron chi connectivity index (χ4n) is 2.51. The third-order valence-corrected chi connectivity index (χ3v) is 11.1. The third-order valence-electron chi connectivity index (χ3n) is 4.23. The van der Waals surface area contributed by atoms with Gasteiger partial charge in [0.25, 0.3) is 0 Å². The topological polar surface area (TPSA) is 152 Å². The van der Waals surface area contributed by atoms with E-state index in [0.29, 0.717) is 12.8 Å². The van der Waals surface area contributed by atoms with E-state index in [-0.39, 0.29) is 18.3 Å². The zero-order chi connectivity index (χ0) is 27.9. The van der Waals surface area contributed by atoms with Crippen LogP contribution in [0.25, 0.3) is 0 Å². The van der Waals surface area contributed by atoms with Crippen LogP contribution in [0, 0.1) is 6.92 Å². The molecule has 4 aromatic heterocycles. The lowest BCUT2D eigenvalue weighted by molar-refractivity contribution is -0.138. The molecule has 0 amide bonds. The molecule has 2 N–H and O–H groups in total. The first-order valence-corrected chi connectivity index (χ1v) is 16.7. The number of aryl methyl sites for hydroxylation is 3. The number of carboxylic acids is 2. The fraction of sp³-hybridized carbons (Fsp3) is 0.429. The summed E-state index contributed by atoms with van der Waals surface area (Å²) >= 11 is 12.5. The van der Waals surface area contributed by atoms with E-state index < -0.39 is 11.9 Å². The number of aliphatic carboxylic acids is 2. The lowest BCUT2D eigenvalue weighted by atomic mass is 9.93. The largest absolute Gasteiger partial charge is 0.481 e. The van der Waals surface area contributed by atoms with Crippen molar-refractivity contribution >= 4 is 96.7 Å². The lowest BCUT2D eigenvalue weighted by Gasteiger charge is -2.15. The third kappa shape index (κ3) is 10.2. The van der Waals surface area contributed by atoms with Gasteiger partial charge in [0.15, 0.2) is 17.4 Å². The van der Waals surface area contributed by atoms with Gasteiger partial charge in [-0.1, -0.05) is 54.8 Å². The predicted molar refractivity (Wildman–Crippen MR) is 155 cm³/mol. The molecule has 10 nitrogen and oxygen atoms in total. The van der Waals surface area contributed by atoms with Gasteiger partial charge in [0, 0.05) is 29.3 Å². The first-order chi connectivity index (χ1) is 17.9. The highest BCUT2D eigenvalue weighted by molar-refractivity contribution is 9.11. The van der Waals surface area contributed by atoms with Crippen LogP contribution >= 0.6 is 84.8 Å². The number of hydrogen-bond acceptors (Lipinski definition) is 14. The highest BCUT2D eigenvalue weighted by atomic mass is 79.9. The Bertz CT molecular complexity index is 1380. The van der Waals surface area contributed by atoms with Gasteiger partial charge in [-0.05, 0) is 46.4 Å². The Morgan fingerprint density at radius 2 is 1.37 bits per heavy atom. The van der Waals surface area contributed by atoms with Crippen molar-refractivity contribution < 1.29 is 19.8 Å². The highest BCUT2D eigenvalue weighted by Crippen LogP contribution is 2.40. The minimum absolute atomic E-state index is 0.0120. The summed E-state index contributed by atoms with van der Waals surface area (Å²) in [4.78, 5) is 29.9. The first-order valence-electron chi connectivity index (χ1n) is 10.9. The maximum Gasteiger partial charge on any atom is 0.303 e. The van der Waals surface area contributed by atoms with E-state index in [1.165, 1.54) is 46.2 Å². The molecule has 0 aromatic carbocycles. The summed E-state index contributed by atoms with van der Waals surface area (Å²) in [7, 11) is 0. The molecule has 38 heavy (non-hydrogen) atoms. The summed E-state index contributed by atoms with van der Waals surface area (Å²) in [5.41, 5.74) is 2.01. The number of aromatic nitrogens is 6. The minimum Gasteiger partial charge on any atom is -0.481 e. The van der Waals surface area contributed by atoms with Crippen LogP contribution < -0.4 is 0 Å². The molecule has 4 heterocycles. The van der Waals surface area contributed by atoms with Crippen molar-refractivity contribution in [2.45, 2.75) is 76.2 Å². The van der Waals surface area contributed by atoms with Crippen LogP contribution in [-0.2, 0) is 27.8 Å². The molecule has 17 heteroatoms. The summed E-state index contributed by atoms with van der Waals surface area (Å²) in [5.74, 6) is -1.64. The highest BCUT2D eigenvalue weighted by Gasteiger charge is 2.23. The summed E-state index contributed by atoms with van der Waals surface area (Å²) in [5, 5.41) is 36.8. The maximum atomic E-state index is 10.5. The Morgan fingerprint density at radius 3 is 1.79 bits per heavy atom. The van der Waals surface area contributed by atoms with Crippen LogP contribution in [0.3, 0.4) is 0 Å². The number of rotatable bonds is 10. The molecule has 0 aliphatic carbocycles. The van der Waals surface area contributed by atoms with E-state index >= 15 is 0 Å². The number of carbonyl (C=O) groups is 2. The molecule has 0 bridgehead atoms. The molecule has 0 saturated carbocycles. The van der Waals surface area contributed by atoms with Crippen LogP contribution in [0.4, 0.5) is 0 Å². The second-order valence-electron chi connectivity index (χ2n) is 8.52. The molecule has 0 radical (unpaired) electrons. The smallest absolute Gasteiger partial charge is 0.303 e. The van der Waals surface area contributed by atoms with Gasteiger partial charge >= 0.3 is 11.9 Å². The quantitative estimate of drug-likeness (QED) is 0.182. The van der Waals surface area contributed by atoms with Gasteiger partial charge in [-0.15, -0.1) is 31.7 Å². The summed E-state index contributed by atoms with van der Waals surface area (Å²) in [6.07, 6.45) is 1.03. The van der Waals surface area contributed by atoms with E-state index in [0.717, 1.165) is 42.5 Å². The average molecular weight is 696 g/mol. The van der Waals surface area contributed by atoms with Gasteiger partial charge in [-0.3, -0.25) is 9.59 Å². The second-order valence-corrected chi connectivity index (χ2v) is 16.8. The van der Waals surface area contributed by atoms with Crippen LogP contribution in [0.1, 0.15) is 55.0 Å². The Balaban J connectivity index is 0.000000215. The predicted octanol–water partition coefficient (Wildman–Crippen LogP) is 6.69. The van der Waals surface area contributed by atoms with Crippen molar-refractivity contribution in [1.29, 1.82) is 0 Å². The van der Waals surface area contributed by atoms with Gasteiger partial charge in [0.1, 0.15) is 10.0 Å². The summed E-state index contributed by atoms with van der Waals surface area (Å²) in [6.45, 7) is 8.31. The van der Waals surface area contributed by atoms with Gasteiger partial charge in [-0.2, -0.15) is 0 Å². The Labute approximate surface area is 251 Å². The number of halogens is 1. The molecular weight excluding hydrogens is 673 g/mol. The van der Waals surface area contributed by atoms with Crippen LogP contribution in [-0.4, -0.2) is 52.5 Å². The molecule has 4 aromatic rings. The standard InChI is InChI=1S/C12H14BrN3O2S3.C9H9N3O2S3/c1-12(2,3)8-9(13)20-10(14-8)21-11-16-15-6(19-11)4-5-7(17)18;1-5-4-15-8(10-5)17-9-12-11-6(16-9)2-3-7(13)14/h4-5H2,1-3H3,(H,17,18);4H,2-3H2,1H3,(H,13,14). The SMILES string of the molecule is CC(C)(C)c1nc(Sc2nnc(CCC(=O)O)s2)sc1Br.Cc1csc(Sc2nnc(CCC(=O)O)s2)n1. The molecule has 0 saturated heterocycles. The van der Waals surface area contributed by atoms with Crippen molar-refractivity contribution in [3.63, 3.8) is 0 Å². The molecule has 0 unspecified atom stereocenters. The Hall–Kier alpha value is -1.50. The van der Waals surface area contributed by atoms with E-state index in [4.69, 9.17) is 10.2 Å². The summed E-state index contributed by atoms with van der Waals surface area (Å²) in [6, 6.07) is 0. The number of nitrogens with zero attached hydrogens (tertiary/aromatic N) is 6. The van der Waals surface area contributed by atoms with Gasteiger partial charge in [0.05, 0.1) is 22.3 Å². The van der Waals surface area contributed by atoms with Crippen LogP contribution in [0.2, 0.25) is 0 Å². The fourth-order valence-corrected chi connectivity index (χ4v) is 10.1. The van der Waals surface area contributed by atoms with E-state index in [2.05, 4.69) is 67.1 Å². The van der Waals surface area contributed by atoms with Crippen molar-refractivity contribution in [2.75, 3.05) is 0 Å². The molecule has 0 spiro atoms. The van der Waals surface area contributed by atoms with E-state index in [9.17, 15) is 9.59 Å². The van der Waals surface area contributed by atoms with Crippen molar-refractivity contribution in [1.82, 2.24) is 30.4 Å². The zero-order valence-electron chi connectivity index (χ0n) is 20.6. The number of hydrogen-bond donors (Lipinski definition) is 2.